The first-order chi connectivity index (χ1) is 8.63. The van der Waals surface area contributed by atoms with Crippen molar-refractivity contribution in [2.45, 2.75) is 26.4 Å². The summed E-state index contributed by atoms with van der Waals surface area (Å²) in [4.78, 5) is 10.7. The van der Waals surface area contributed by atoms with Gasteiger partial charge in [0, 0.05) is 24.2 Å². The second-order valence-electron chi connectivity index (χ2n) is 4.23. The Kier molecular flexibility index (Phi) is 2.93. The molecule has 0 amide bonds. The number of rotatable bonds is 3. The third-order valence-corrected chi connectivity index (χ3v) is 4.73. The van der Waals surface area contributed by atoms with E-state index in [4.69, 9.17) is 0 Å². The first kappa shape index (κ1) is 11.8. The van der Waals surface area contributed by atoms with Crippen LogP contribution in [0.25, 0.3) is 4.96 Å². The van der Waals surface area contributed by atoms with Crippen molar-refractivity contribution in [2.24, 2.45) is 0 Å². The summed E-state index contributed by atoms with van der Waals surface area (Å²) in [7, 11) is 0. The predicted molar refractivity (Wildman–Crippen MR) is 73.3 cm³/mol. The third-order valence-electron chi connectivity index (χ3n) is 2.79. The summed E-state index contributed by atoms with van der Waals surface area (Å²) < 4.78 is 1.98. The van der Waals surface area contributed by atoms with Gasteiger partial charge in [-0.15, -0.1) is 22.7 Å². The molecule has 0 aliphatic heterocycles. The lowest BCUT2D eigenvalue weighted by atomic mass is 10.1. The molecule has 0 radical (unpaired) electrons. The molecule has 3 aromatic heterocycles. The molecule has 1 N–H and O–H groups in total. The summed E-state index contributed by atoms with van der Waals surface area (Å²) in [5.41, 5.74) is 1.84. The number of hydrogen-bond acceptors (Lipinski definition) is 5. The molecule has 0 aliphatic rings. The zero-order chi connectivity index (χ0) is 12.7. The number of aliphatic hydroxyl groups excluding tert-OH is 1. The Morgan fingerprint density at radius 3 is 2.89 bits per heavy atom. The molecule has 3 aromatic rings. The lowest BCUT2D eigenvalue weighted by Crippen LogP contribution is -2.01. The monoisotopic (exact) mass is 279 g/mol. The molecule has 0 fully saturated rings. The highest BCUT2D eigenvalue weighted by molar-refractivity contribution is 7.15. The van der Waals surface area contributed by atoms with E-state index in [0.717, 1.165) is 26.2 Å². The number of thiazole rings is 2. The normalized spacial score (nSPS) is 13.3. The van der Waals surface area contributed by atoms with Crippen LogP contribution in [0.2, 0.25) is 0 Å². The summed E-state index contributed by atoms with van der Waals surface area (Å²) in [6.45, 7) is 3.90. The summed E-state index contributed by atoms with van der Waals surface area (Å²) in [6, 6.07) is 0. The minimum absolute atomic E-state index is 0.513. The Morgan fingerprint density at radius 2 is 2.22 bits per heavy atom. The second kappa shape index (κ2) is 4.46. The van der Waals surface area contributed by atoms with Crippen LogP contribution in [0.1, 0.15) is 27.4 Å². The number of aromatic nitrogens is 3. The number of aliphatic hydroxyl groups is 1. The fraction of sp³-hybridized carbons (Fsp3) is 0.333. The minimum atomic E-state index is -0.513. The van der Waals surface area contributed by atoms with Gasteiger partial charge in [-0.05, 0) is 13.8 Å². The minimum Gasteiger partial charge on any atom is -0.387 e. The maximum absolute atomic E-state index is 10.3. The molecule has 0 saturated carbocycles. The van der Waals surface area contributed by atoms with E-state index in [2.05, 4.69) is 9.97 Å². The van der Waals surface area contributed by atoms with Gasteiger partial charge in [-0.1, -0.05) is 0 Å². The van der Waals surface area contributed by atoms with Crippen LogP contribution in [0.4, 0.5) is 0 Å². The van der Waals surface area contributed by atoms with E-state index in [-0.39, 0.29) is 0 Å². The van der Waals surface area contributed by atoms with Crippen molar-refractivity contribution in [1.29, 1.82) is 0 Å². The fourth-order valence-electron chi connectivity index (χ4n) is 2.02. The van der Waals surface area contributed by atoms with Gasteiger partial charge < -0.3 is 5.11 Å². The van der Waals surface area contributed by atoms with E-state index in [1.807, 2.05) is 36.0 Å². The van der Waals surface area contributed by atoms with Crippen molar-refractivity contribution >= 4 is 27.6 Å². The standard InChI is InChI=1S/C12H13N3OS2/c1-7-11(18-8(2)13-7)10(16)5-9-6-15-3-4-17-12(15)14-9/h3-4,6,10,16H,5H2,1-2H3. The van der Waals surface area contributed by atoms with Gasteiger partial charge in [-0.3, -0.25) is 4.40 Å². The van der Waals surface area contributed by atoms with Crippen LogP contribution in [0.3, 0.4) is 0 Å². The summed E-state index contributed by atoms with van der Waals surface area (Å²) in [6.07, 6.45) is 3.97. The molecule has 3 heterocycles. The fourth-order valence-corrected chi connectivity index (χ4v) is 3.65. The second-order valence-corrected chi connectivity index (χ2v) is 6.34. The van der Waals surface area contributed by atoms with Crippen molar-refractivity contribution in [3.05, 3.63) is 39.0 Å². The van der Waals surface area contributed by atoms with Crippen molar-refractivity contribution in [2.75, 3.05) is 0 Å². The Morgan fingerprint density at radius 1 is 1.39 bits per heavy atom. The predicted octanol–water partition coefficient (Wildman–Crippen LogP) is 2.75. The van der Waals surface area contributed by atoms with Crippen LogP contribution in [-0.4, -0.2) is 19.5 Å². The van der Waals surface area contributed by atoms with Crippen molar-refractivity contribution in [3.8, 4) is 0 Å². The summed E-state index contributed by atoms with van der Waals surface area (Å²) in [5, 5.41) is 13.2. The van der Waals surface area contributed by atoms with Crippen molar-refractivity contribution in [3.63, 3.8) is 0 Å². The molecular weight excluding hydrogens is 266 g/mol. The molecule has 3 rings (SSSR count). The molecule has 1 atom stereocenters. The van der Waals surface area contributed by atoms with E-state index in [0.29, 0.717) is 6.42 Å². The molecular formula is C12H13N3OS2. The number of aryl methyl sites for hydroxylation is 2. The molecule has 1 unspecified atom stereocenters. The van der Waals surface area contributed by atoms with Crippen molar-refractivity contribution in [1.82, 2.24) is 14.4 Å². The van der Waals surface area contributed by atoms with E-state index < -0.39 is 6.10 Å². The molecule has 0 aromatic carbocycles. The highest BCUT2D eigenvalue weighted by atomic mass is 32.1. The molecule has 94 valence electrons. The zero-order valence-corrected chi connectivity index (χ0v) is 11.8. The van der Waals surface area contributed by atoms with Gasteiger partial charge in [0.2, 0.25) is 0 Å². The van der Waals surface area contributed by atoms with Gasteiger partial charge in [-0.2, -0.15) is 0 Å². The molecule has 0 saturated heterocycles. The quantitative estimate of drug-likeness (QED) is 0.802. The maximum atomic E-state index is 10.3. The Bertz CT molecular complexity index is 654. The van der Waals surface area contributed by atoms with Gasteiger partial charge in [0.15, 0.2) is 4.96 Å². The lowest BCUT2D eigenvalue weighted by molar-refractivity contribution is 0.180. The van der Waals surface area contributed by atoms with E-state index in [1.165, 1.54) is 0 Å². The third kappa shape index (κ3) is 2.07. The average Bonchev–Trinajstić information content (AvgIpc) is 2.92. The number of fused-ring (bicyclic) bond motifs is 1. The van der Waals surface area contributed by atoms with Crippen molar-refractivity contribution < 1.29 is 5.11 Å². The van der Waals surface area contributed by atoms with Crippen LogP contribution in [-0.2, 0) is 6.42 Å². The smallest absolute Gasteiger partial charge is 0.193 e. The topological polar surface area (TPSA) is 50.4 Å². The van der Waals surface area contributed by atoms with Crippen LogP contribution in [0.5, 0.6) is 0 Å². The van der Waals surface area contributed by atoms with E-state index in [9.17, 15) is 5.11 Å². The van der Waals surface area contributed by atoms with Gasteiger partial charge in [0.05, 0.1) is 27.4 Å². The SMILES string of the molecule is Cc1nc(C)c(C(O)Cc2cn3ccsc3n2)s1. The number of imidazole rings is 1. The molecule has 0 spiro atoms. The molecule has 4 nitrogen and oxygen atoms in total. The first-order valence-corrected chi connectivity index (χ1v) is 7.36. The lowest BCUT2D eigenvalue weighted by Gasteiger charge is -2.06. The Labute approximate surface area is 113 Å². The molecule has 6 heteroatoms. The van der Waals surface area contributed by atoms with E-state index >= 15 is 0 Å². The van der Waals surface area contributed by atoms with Crippen LogP contribution in [0.15, 0.2) is 17.8 Å². The zero-order valence-electron chi connectivity index (χ0n) is 10.1. The molecule has 0 bridgehead atoms. The van der Waals surface area contributed by atoms with Gasteiger partial charge in [0.1, 0.15) is 0 Å². The highest BCUT2D eigenvalue weighted by Gasteiger charge is 2.17. The van der Waals surface area contributed by atoms with Gasteiger partial charge in [0.25, 0.3) is 0 Å². The Hall–Kier alpha value is -1.24. The van der Waals surface area contributed by atoms with Crippen LogP contribution in [0, 0.1) is 13.8 Å². The Balaban J connectivity index is 1.83. The summed E-state index contributed by atoms with van der Waals surface area (Å²) >= 11 is 3.16. The molecule has 18 heavy (non-hydrogen) atoms. The van der Waals surface area contributed by atoms with Gasteiger partial charge in [-0.25, -0.2) is 9.97 Å². The molecule has 0 aliphatic carbocycles. The van der Waals surface area contributed by atoms with Crippen LogP contribution >= 0.6 is 22.7 Å². The highest BCUT2D eigenvalue weighted by Crippen LogP contribution is 2.27. The van der Waals surface area contributed by atoms with Gasteiger partial charge >= 0.3 is 0 Å². The summed E-state index contributed by atoms with van der Waals surface area (Å²) in [5.74, 6) is 0. The van der Waals surface area contributed by atoms with Crippen LogP contribution < -0.4 is 0 Å². The average molecular weight is 279 g/mol. The van der Waals surface area contributed by atoms with E-state index in [1.54, 1.807) is 22.7 Å². The first-order valence-electron chi connectivity index (χ1n) is 5.66. The number of hydrogen-bond donors (Lipinski definition) is 1. The number of nitrogens with zero attached hydrogens (tertiary/aromatic N) is 3. The maximum Gasteiger partial charge on any atom is 0.193 e. The largest absolute Gasteiger partial charge is 0.387 e.